The van der Waals surface area contributed by atoms with Gasteiger partial charge in [0.15, 0.2) is 4.34 Å². The van der Waals surface area contributed by atoms with Crippen molar-refractivity contribution in [3.63, 3.8) is 0 Å². The molecule has 0 aliphatic rings. The van der Waals surface area contributed by atoms with E-state index in [0.717, 1.165) is 27.5 Å². The smallest absolute Gasteiger partial charge is 0.170 e. The fraction of sp³-hybridized carbons (Fsp3) is 0.429. The Kier molecular flexibility index (Phi) is 6.01. The molecule has 0 saturated heterocycles. The van der Waals surface area contributed by atoms with Crippen LogP contribution in [-0.4, -0.2) is 15.4 Å². The molecule has 2 rings (SSSR count). The first-order valence-corrected chi connectivity index (χ1v) is 9.09. The molecular weight excluding hydrogens is 354 g/mol. The Bertz CT molecular complexity index is 542. The fourth-order valence-corrected chi connectivity index (χ4v) is 4.20. The summed E-state index contributed by atoms with van der Waals surface area (Å²) >= 11 is 6.66. The molecule has 20 heavy (non-hydrogen) atoms. The molecule has 0 aliphatic carbocycles. The lowest BCUT2D eigenvalue weighted by Crippen LogP contribution is -2.25. The predicted molar refractivity (Wildman–Crippen MR) is 90.3 cm³/mol. The van der Waals surface area contributed by atoms with Gasteiger partial charge in [-0.1, -0.05) is 53.7 Å². The van der Waals surface area contributed by atoms with Gasteiger partial charge in [0.1, 0.15) is 5.82 Å². The second-order valence-electron chi connectivity index (χ2n) is 4.49. The summed E-state index contributed by atoms with van der Waals surface area (Å²) in [6, 6.07) is 8.47. The summed E-state index contributed by atoms with van der Waals surface area (Å²) in [5, 5.41) is 0.214. The third-order valence-electron chi connectivity index (χ3n) is 3.05. The fourth-order valence-electron chi connectivity index (χ4n) is 1.81. The topological polar surface area (TPSA) is 51.8 Å². The van der Waals surface area contributed by atoms with E-state index >= 15 is 0 Å². The number of nitrogens with zero attached hydrogens (tertiary/aromatic N) is 2. The van der Waals surface area contributed by atoms with Crippen LogP contribution in [0, 0.1) is 0 Å². The highest BCUT2D eigenvalue weighted by Crippen LogP contribution is 2.39. The second-order valence-corrected chi connectivity index (χ2v) is 7.55. The van der Waals surface area contributed by atoms with E-state index in [-0.39, 0.29) is 11.3 Å². The zero-order chi connectivity index (χ0) is 14.5. The van der Waals surface area contributed by atoms with Gasteiger partial charge in [-0.15, -0.1) is 0 Å². The van der Waals surface area contributed by atoms with Gasteiger partial charge in [0.2, 0.25) is 0 Å². The van der Waals surface area contributed by atoms with Gasteiger partial charge in [-0.25, -0.2) is 4.98 Å². The van der Waals surface area contributed by atoms with Crippen molar-refractivity contribution in [2.75, 3.05) is 0 Å². The summed E-state index contributed by atoms with van der Waals surface area (Å²) in [6.45, 7) is 4.19. The Hall–Kier alpha value is -0.430. The minimum atomic E-state index is 0.107. The highest BCUT2D eigenvalue weighted by Gasteiger charge is 2.21. The quantitative estimate of drug-likeness (QED) is 0.762. The van der Waals surface area contributed by atoms with E-state index < -0.39 is 0 Å². The normalized spacial score (nSPS) is 14.2. The van der Waals surface area contributed by atoms with Crippen LogP contribution in [0.25, 0.3) is 0 Å². The number of benzene rings is 1. The molecule has 2 atom stereocenters. The lowest BCUT2D eigenvalue weighted by Gasteiger charge is -2.21. The van der Waals surface area contributed by atoms with Crippen molar-refractivity contribution >= 4 is 39.2 Å². The van der Waals surface area contributed by atoms with Crippen LogP contribution in [0.5, 0.6) is 0 Å². The van der Waals surface area contributed by atoms with Gasteiger partial charge in [-0.05, 0) is 35.6 Å². The zero-order valence-electron chi connectivity index (χ0n) is 11.5. The van der Waals surface area contributed by atoms with Gasteiger partial charge in [-0.2, -0.15) is 4.37 Å². The van der Waals surface area contributed by atoms with E-state index in [9.17, 15) is 0 Å². The first-order valence-electron chi connectivity index (χ1n) is 6.64. The summed E-state index contributed by atoms with van der Waals surface area (Å²) in [7, 11) is 0. The maximum absolute atomic E-state index is 6.30. The number of thioether (sulfide) groups is 1. The van der Waals surface area contributed by atoms with E-state index in [1.54, 1.807) is 11.8 Å². The molecule has 0 saturated carbocycles. The second kappa shape index (κ2) is 7.54. The Morgan fingerprint density at radius 2 is 2.00 bits per heavy atom. The highest BCUT2D eigenvalue weighted by molar-refractivity contribution is 9.10. The summed E-state index contributed by atoms with van der Waals surface area (Å²) in [4.78, 5) is 4.53. The molecule has 0 aliphatic heterocycles. The average molecular weight is 372 g/mol. The molecule has 2 aromatic rings. The molecule has 0 amide bonds. The number of aryl methyl sites for hydroxylation is 1. The molecular formula is C14H18BrN3S2. The van der Waals surface area contributed by atoms with Crippen LogP contribution in [0.15, 0.2) is 33.1 Å². The SMILES string of the molecule is CCc1nsc(SC(c2ccc(Br)cc2)C(N)CC)n1. The standard InChI is InChI=1S/C14H18BrN3S2/c1-3-11(16)13(9-5-7-10(15)8-6-9)19-14-17-12(4-2)18-20-14/h5-8,11,13H,3-4,16H2,1-2H3. The Morgan fingerprint density at radius 3 is 2.55 bits per heavy atom. The number of hydrogen-bond acceptors (Lipinski definition) is 5. The minimum absolute atomic E-state index is 0.107. The van der Waals surface area contributed by atoms with Gasteiger partial charge in [-0.3, -0.25) is 0 Å². The number of rotatable bonds is 6. The van der Waals surface area contributed by atoms with E-state index in [1.807, 2.05) is 0 Å². The molecule has 108 valence electrons. The zero-order valence-corrected chi connectivity index (χ0v) is 14.8. The monoisotopic (exact) mass is 371 g/mol. The van der Waals surface area contributed by atoms with E-state index in [2.05, 4.69) is 63.4 Å². The van der Waals surface area contributed by atoms with Crippen molar-refractivity contribution in [3.05, 3.63) is 40.1 Å². The van der Waals surface area contributed by atoms with E-state index in [4.69, 9.17) is 5.73 Å². The van der Waals surface area contributed by atoms with Crippen LogP contribution in [0.1, 0.15) is 36.9 Å². The van der Waals surface area contributed by atoms with Gasteiger partial charge >= 0.3 is 0 Å². The molecule has 6 heteroatoms. The number of hydrogen-bond donors (Lipinski definition) is 1. The Morgan fingerprint density at radius 1 is 1.30 bits per heavy atom. The molecule has 2 unspecified atom stereocenters. The van der Waals surface area contributed by atoms with Gasteiger partial charge in [0, 0.05) is 16.9 Å². The molecule has 3 nitrogen and oxygen atoms in total. The Labute approximate surface area is 136 Å². The summed E-state index contributed by atoms with van der Waals surface area (Å²) in [6.07, 6.45) is 1.81. The summed E-state index contributed by atoms with van der Waals surface area (Å²) < 4.78 is 6.42. The maximum Gasteiger partial charge on any atom is 0.170 e. The van der Waals surface area contributed by atoms with Gasteiger partial charge in [0.05, 0.1) is 5.25 Å². The van der Waals surface area contributed by atoms with E-state index in [1.165, 1.54) is 17.1 Å². The van der Waals surface area contributed by atoms with Crippen molar-refractivity contribution in [2.24, 2.45) is 5.73 Å². The number of halogens is 1. The third-order valence-corrected chi connectivity index (χ3v) is 5.81. The third kappa shape index (κ3) is 4.04. The van der Waals surface area contributed by atoms with Crippen LogP contribution >= 0.6 is 39.2 Å². The average Bonchev–Trinajstić information content (AvgIpc) is 2.93. The van der Waals surface area contributed by atoms with Crippen LogP contribution in [0.4, 0.5) is 0 Å². The Balaban J connectivity index is 2.21. The molecule has 2 N–H and O–H groups in total. The lowest BCUT2D eigenvalue weighted by molar-refractivity contribution is 0.634. The largest absolute Gasteiger partial charge is 0.326 e. The molecule has 0 radical (unpaired) electrons. The molecule has 1 heterocycles. The minimum Gasteiger partial charge on any atom is -0.326 e. The van der Waals surface area contributed by atoms with Crippen LogP contribution in [-0.2, 0) is 6.42 Å². The molecule has 0 bridgehead atoms. The molecule has 0 fully saturated rings. The lowest BCUT2D eigenvalue weighted by atomic mass is 10.0. The summed E-state index contributed by atoms with van der Waals surface area (Å²) in [5.41, 5.74) is 7.54. The van der Waals surface area contributed by atoms with Crippen molar-refractivity contribution in [3.8, 4) is 0 Å². The predicted octanol–water partition coefficient (Wildman–Crippen LogP) is 4.43. The first-order chi connectivity index (χ1) is 9.63. The highest BCUT2D eigenvalue weighted by atomic mass is 79.9. The maximum atomic E-state index is 6.30. The van der Waals surface area contributed by atoms with Crippen molar-refractivity contribution in [1.82, 2.24) is 9.36 Å². The summed E-state index contributed by atoms with van der Waals surface area (Å²) in [5.74, 6) is 0.914. The van der Waals surface area contributed by atoms with Crippen LogP contribution < -0.4 is 5.73 Å². The molecule has 0 spiro atoms. The van der Waals surface area contributed by atoms with Crippen molar-refractivity contribution < 1.29 is 0 Å². The van der Waals surface area contributed by atoms with Crippen LogP contribution in [0.2, 0.25) is 0 Å². The first kappa shape index (κ1) is 15.9. The van der Waals surface area contributed by atoms with Crippen molar-refractivity contribution in [1.29, 1.82) is 0 Å². The van der Waals surface area contributed by atoms with Gasteiger partial charge in [0.25, 0.3) is 0 Å². The number of aromatic nitrogens is 2. The van der Waals surface area contributed by atoms with E-state index in [0.29, 0.717) is 0 Å². The molecule has 1 aromatic carbocycles. The van der Waals surface area contributed by atoms with Gasteiger partial charge < -0.3 is 5.73 Å². The number of nitrogens with two attached hydrogens (primary N) is 1. The van der Waals surface area contributed by atoms with Crippen LogP contribution in [0.3, 0.4) is 0 Å². The molecule has 1 aromatic heterocycles. The van der Waals surface area contributed by atoms with Crippen molar-refractivity contribution in [2.45, 2.75) is 42.3 Å².